The van der Waals surface area contributed by atoms with E-state index in [1.54, 1.807) is 30.3 Å². The van der Waals surface area contributed by atoms with Gasteiger partial charge in [0, 0.05) is 11.4 Å². The molecule has 2 rings (SSSR count). The summed E-state index contributed by atoms with van der Waals surface area (Å²) in [5, 5.41) is 14.0. The third-order valence-corrected chi connectivity index (χ3v) is 4.32. The summed E-state index contributed by atoms with van der Waals surface area (Å²) in [7, 11) is 0. The lowest BCUT2D eigenvalue weighted by Crippen LogP contribution is -2.22. The molecule has 144 valence electrons. The maximum absolute atomic E-state index is 11.9. The first-order valence-electron chi connectivity index (χ1n) is 8.36. The summed E-state index contributed by atoms with van der Waals surface area (Å²) < 4.78 is 4.88. The maximum Gasteiger partial charge on any atom is 0.316 e. The second-order valence-corrected chi connectivity index (χ2v) is 6.79. The van der Waals surface area contributed by atoms with Gasteiger partial charge in [0.2, 0.25) is 5.91 Å². The van der Waals surface area contributed by atoms with Crippen molar-refractivity contribution in [3.05, 3.63) is 59.7 Å². The van der Waals surface area contributed by atoms with Crippen LogP contribution in [0.4, 0.5) is 11.4 Å². The minimum absolute atomic E-state index is 0.0363. The van der Waals surface area contributed by atoms with Gasteiger partial charge in [-0.2, -0.15) is 5.26 Å². The molecule has 0 saturated carbocycles. The van der Waals surface area contributed by atoms with Crippen LogP contribution in [0.3, 0.4) is 0 Å². The monoisotopic (exact) mass is 397 g/mol. The van der Waals surface area contributed by atoms with Gasteiger partial charge in [0.1, 0.15) is 0 Å². The first-order chi connectivity index (χ1) is 13.5. The van der Waals surface area contributed by atoms with E-state index in [0.29, 0.717) is 16.9 Å². The van der Waals surface area contributed by atoms with Crippen LogP contribution in [0.1, 0.15) is 11.1 Å². The van der Waals surface area contributed by atoms with Crippen LogP contribution in [-0.4, -0.2) is 35.9 Å². The highest BCUT2D eigenvalue weighted by Crippen LogP contribution is 2.11. The van der Waals surface area contributed by atoms with Crippen LogP contribution in [0.5, 0.6) is 0 Å². The van der Waals surface area contributed by atoms with Gasteiger partial charge >= 0.3 is 5.97 Å². The number of nitrogens with one attached hydrogen (secondary N) is 2. The molecule has 0 heterocycles. The lowest BCUT2D eigenvalue weighted by Gasteiger charge is -2.07. The number of esters is 1. The van der Waals surface area contributed by atoms with Crippen molar-refractivity contribution in [2.45, 2.75) is 6.92 Å². The van der Waals surface area contributed by atoms with E-state index in [0.717, 1.165) is 17.3 Å². The number of carbonyl (C=O) groups is 3. The zero-order chi connectivity index (χ0) is 20.4. The van der Waals surface area contributed by atoms with Gasteiger partial charge in [0.05, 0.1) is 23.1 Å². The topological polar surface area (TPSA) is 108 Å². The van der Waals surface area contributed by atoms with E-state index in [4.69, 9.17) is 10.00 Å². The zero-order valence-electron chi connectivity index (χ0n) is 15.2. The van der Waals surface area contributed by atoms with Crippen LogP contribution < -0.4 is 10.6 Å². The summed E-state index contributed by atoms with van der Waals surface area (Å²) in [5.74, 6) is -1.23. The molecule has 0 aliphatic carbocycles. The normalized spacial score (nSPS) is 9.86. The highest BCUT2D eigenvalue weighted by molar-refractivity contribution is 8.00. The molecule has 0 unspecified atom stereocenters. The Morgan fingerprint density at radius 1 is 1.00 bits per heavy atom. The zero-order valence-corrected chi connectivity index (χ0v) is 16.0. The number of rotatable bonds is 8. The Kier molecular flexibility index (Phi) is 8.06. The standard InChI is InChI=1S/C20H19N3O4S/c1-14-3-2-4-17(9-14)23-19(25)12-28-13-20(26)27-11-18(24)22-16-7-5-15(10-21)6-8-16/h2-9H,11-13H2,1H3,(H,22,24)(H,23,25). The van der Waals surface area contributed by atoms with Gasteiger partial charge in [0.25, 0.3) is 5.91 Å². The van der Waals surface area contributed by atoms with Crippen molar-refractivity contribution in [3.8, 4) is 6.07 Å². The first kappa shape index (κ1) is 21.0. The van der Waals surface area contributed by atoms with Crippen molar-refractivity contribution in [1.29, 1.82) is 5.26 Å². The average molecular weight is 397 g/mol. The van der Waals surface area contributed by atoms with E-state index in [9.17, 15) is 14.4 Å². The molecule has 0 spiro atoms. The first-order valence-corrected chi connectivity index (χ1v) is 9.51. The number of nitriles is 1. The van der Waals surface area contributed by atoms with Crippen molar-refractivity contribution < 1.29 is 19.1 Å². The maximum atomic E-state index is 11.9. The fourth-order valence-corrected chi connectivity index (χ4v) is 2.77. The van der Waals surface area contributed by atoms with Gasteiger partial charge in [-0.1, -0.05) is 12.1 Å². The van der Waals surface area contributed by atoms with E-state index < -0.39 is 18.5 Å². The van der Waals surface area contributed by atoms with Crippen LogP contribution in [0, 0.1) is 18.3 Å². The van der Waals surface area contributed by atoms with E-state index in [1.807, 2.05) is 31.2 Å². The number of nitrogens with zero attached hydrogens (tertiary/aromatic N) is 1. The number of aryl methyl sites for hydroxylation is 1. The van der Waals surface area contributed by atoms with Gasteiger partial charge in [-0.15, -0.1) is 11.8 Å². The number of anilines is 2. The van der Waals surface area contributed by atoms with Crippen molar-refractivity contribution >= 4 is 40.9 Å². The molecule has 0 atom stereocenters. The third kappa shape index (κ3) is 7.51. The quantitative estimate of drug-likeness (QED) is 0.663. The van der Waals surface area contributed by atoms with Crippen molar-refractivity contribution in [1.82, 2.24) is 0 Å². The molecule has 0 saturated heterocycles. The largest absolute Gasteiger partial charge is 0.455 e. The molecule has 2 aromatic rings. The Hall–Kier alpha value is -3.31. The Balaban J connectivity index is 1.63. The molecule has 0 aliphatic heterocycles. The average Bonchev–Trinajstić information content (AvgIpc) is 2.67. The SMILES string of the molecule is Cc1cccc(NC(=O)CSCC(=O)OCC(=O)Nc2ccc(C#N)cc2)c1. The Labute approximate surface area is 167 Å². The molecule has 8 heteroatoms. The van der Waals surface area contributed by atoms with Gasteiger partial charge in [-0.25, -0.2) is 0 Å². The fraction of sp³-hybridized carbons (Fsp3) is 0.200. The number of carbonyl (C=O) groups excluding carboxylic acids is 3. The third-order valence-electron chi connectivity index (χ3n) is 3.42. The molecule has 2 aromatic carbocycles. The molecule has 0 radical (unpaired) electrons. The van der Waals surface area contributed by atoms with Crippen LogP contribution in [0.2, 0.25) is 0 Å². The van der Waals surface area contributed by atoms with E-state index in [-0.39, 0.29) is 17.4 Å². The summed E-state index contributed by atoms with van der Waals surface area (Å²) in [5.41, 5.74) is 2.72. The lowest BCUT2D eigenvalue weighted by molar-refractivity contribution is -0.144. The van der Waals surface area contributed by atoms with Crippen LogP contribution >= 0.6 is 11.8 Å². The molecule has 7 nitrogen and oxygen atoms in total. The van der Waals surface area contributed by atoms with Gasteiger partial charge in [0.15, 0.2) is 6.61 Å². The minimum atomic E-state index is -0.580. The Morgan fingerprint density at radius 2 is 1.71 bits per heavy atom. The van der Waals surface area contributed by atoms with Crippen LogP contribution in [-0.2, 0) is 19.1 Å². The van der Waals surface area contributed by atoms with E-state index >= 15 is 0 Å². The predicted octanol–water partition coefficient (Wildman–Crippen LogP) is 2.72. The number of thioether (sulfide) groups is 1. The number of benzene rings is 2. The van der Waals surface area contributed by atoms with Crippen molar-refractivity contribution in [2.24, 2.45) is 0 Å². The van der Waals surface area contributed by atoms with Gasteiger partial charge < -0.3 is 15.4 Å². The number of hydrogen-bond donors (Lipinski definition) is 2. The summed E-state index contributed by atoms with van der Waals surface area (Å²) in [4.78, 5) is 35.3. The number of amides is 2. The molecule has 0 aliphatic rings. The lowest BCUT2D eigenvalue weighted by atomic mass is 10.2. The molecular weight excluding hydrogens is 378 g/mol. The molecule has 0 fully saturated rings. The number of hydrogen-bond acceptors (Lipinski definition) is 6. The van der Waals surface area contributed by atoms with Crippen molar-refractivity contribution in [2.75, 3.05) is 28.7 Å². The smallest absolute Gasteiger partial charge is 0.316 e. The van der Waals surface area contributed by atoms with Crippen LogP contribution in [0.15, 0.2) is 48.5 Å². The highest BCUT2D eigenvalue weighted by Gasteiger charge is 2.10. The fourth-order valence-electron chi connectivity index (χ4n) is 2.16. The summed E-state index contributed by atoms with van der Waals surface area (Å²) in [6, 6.07) is 15.7. The Morgan fingerprint density at radius 3 is 2.39 bits per heavy atom. The molecule has 0 bridgehead atoms. The summed E-state index contributed by atoms with van der Waals surface area (Å²) in [6.07, 6.45) is 0. The number of ether oxygens (including phenoxy) is 1. The second-order valence-electron chi connectivity index (χ2n) is 5.81. The second kappa shape index (κ2) is 10.7. The molecular formula is C20H19N3O4S. The van der Waals surface area contributed by atoms with E-state index in [1.165, 1.54) is 0 Å². The summed E-state index contributed by atoms with van der Waals surface area (Å²) in [6.45, 7) is 1.51. The predicted molar refractivity (Wildman–Crippen MR) is 108 cm³/mol. The van der Waals surface area contributed by atoms with Gasteiger partial charge in [-0.3, -0.25) is 14.4 Å². The summed E-state index contributed by atoms with van der Waals surface area (Å²) >= 11 is 1.10. The van der Waals surface area contributed by atoms with E-state index in [2.05, 4.69) is 10.6 Å². The molecule has 28 heavy (non-hydrogen) atoms. The molecule has 2 amide bonds. The van der Waals surface area contributed by atoms with Gasteiger partial charge in [-0.05, 0) is 48.9 Å². The minimum Gasteiger partial charge on any atom is -0.455 e. The molecule has 0 aromatic heterocycles. The van der Waals surface area contributed by atoms with Crippen molar-refractivity contribution in [3.63, 3.8) is 0 Å². The molecule has 2 N–H and O–H groups in total. The Bertz CT molecular complexity index is 891. The highest BCUT2D eigenvalue weighted by atomic mass is 32.2. The van der Waals surface area contributed by atoms with Crippen LogP contribution in [0.25, 0.3) is 0 Å².